The zero-order valence-electron chi connectivity index (χ0n) is 11.1. The van der Waals surface area contributed by atoms with Crippen molar-refractivity contribution >= 4 is 5.78 Å². The highest BCUT2D eigenvalue weighted by Crippen LogP contribution is 2.19. The maximum absolute atomic E-state index is 11.5. The number of hydrogen-bond acceptors (Lipinski definition) is 4. The lowest BCUT2D eigenvalue weighted by atomic mass is 10.0. The van der Waals surface area contributed by atoms with Crippen molar-refractivity contribution in [1.29, 1.82) is 0 Å². The van der Waals surface area contributed by atoms with Crippen LogP contribution in [0.15, 0.2) is 18.3 Å². The lowest BCUT2D eigenvalue weighted by Crippen LogP contribution is -2.40. The maximum Gasteiger partial charge on any atom is 0.224 e. The molecule has 2 heterocycles. The minimum absolute atomic E-state index is 0.00454. The van der Waals surface area contributed by atoms with Gasteiger partial charge in [-0.25, -0.2) is 4.98 Å². The van der Waals surface area contributed by atoms with Crippen LogP contribution in [0.5, 0.6) is 5.88 Å². The summed E-state index contributed by atoms with van der Waals surface area (Å²) in [5.74, 6) is 0.457. The number of carbonyl (C=O) groups excluding carboxylic acids is 1. The summed E-state index contributed by atoms with van der Waals surface area (Å²) in [7, 11) is 2.12. The molecule has 0 radical (unpaired) electrons. The fraction of sp³-hybridized carbons (Fsp3) is 0.571. The molecule has 1 atom stereocenters. The number of likely N-dealkylation sites (N-methyl/N-ethyl adjacent to an activating group) is 1. The van der Waals surface area contributed by atoms with E-state index in [-0.39, 0.29) is 5.78 Å². The fourth-order valence-corrected chi connectivity index (χ4v) is 2.30. The molecule has 1 aliphatic rings. The maximum atomic E-state index is 11.5. The van der Waals surface area contributed by atoms with Crippen molar-refractivity contribution in [1.82, 2.24) is 9.88 Å². The Labute approximate surface area is 108 Å². The molecule has 0 aliphatic carbocycles. The summed E-state index contributed by atoms with van der Waals surface area (Å²) in [5, 5.41) is 0. The molecular formula is C14H20N2O2. The van der Waals surface area contributed by atoms with Gasteiger partial charge in [-0.15, -0.1) is 0 Å². The van der Waals surface area contributed by atoms with E-state index in [0.29, 0.717) is 24.1 Å². The third-order valence-corrected chi connectivity index (χ3v) is 3.48. The number of ketones is 1. The molecule has 4 heteroatoms. The molecular weight excluding hydrogens is 228 g/mol. The molecule has 0 bridgehead atoms. The quantitative estimate of drug-likeness (QED) is 0.766. The molecule has 1 saturated heterocycles. The molecule has 98 valence electrons. The second-order valence-corrected chi connectivity index (χ2v) is 4.85. The first-order valence-electron chi connectivity index (χ1n) is 6.47. The van der Waals surface area contributed by atoms with E-state index in [9.17, 15) is 4.79 Å². The first-order chi connectivity index (χ1) is 8.68. The van der Waals surface area contributed by atoms with E-state index in [1.165, 1.54) is 19.8 Å². The van der Waals surface area contributed by atoms with Gasteiger partial charge in [-0.05, 0) is 45.5 Å². The van der Waals surface area contributed by atoms with Crippen LogP contribution in [0.1, 0.15) is 36.5 Å². The summed E-state index contributed by atoms with van der Waals surface area (Å²) in [6.45, 7) is 3.26. The van der Waals surface area contributed by atoms with Gasteiger partial charge in [-0.3, -0.25) is 4.79 Å². The minimum Gasteiger partial charge on any atom is -0.475 e. The Morgan fingerprint density at radius 3 is 3.11 bits per heavy atom. The molecule has 4 nitrogen and oxygen atoms in total. The number of rotatable bonds is 4. The zero-order chi connectivity index (χ0) is 13.0. The van der Waals surface area contributed by atoms with E-state index in [0.717, 1.165) is 13.0 Å². The minimum atomic E-state index is -0.00454. The van der Waals surface area contributed by atoms with Gasteiger partial charge in [0.25, 0.3) is 0 Å². The number of hydrogen-bond donors (Lipinski definition) is 0. The van der Waals surface area contributed by atoms with Gasteiger partial charge in [0.05, 0.1) is 5.56 Å². The average Bonchev–Trinajstić information content (AvgIpc) is 2.38. The van der Waals surface area contributed by atoms with Crippen LogP contribution >= 0.6 is 0 Å². The number of likely N-dealkylation sites (tertiary alicyclic amines) is 1. The smallest absolute Gasteiger partial charge is 0.224 e. The van der Waals surface area contributed by atoms with Crippen molar-refractivity contribution < 1.29 is 9.53 Å². The van der Waals surface area contributed by atoms with Crippen molar-refractivity contribution in [3.8, 4) is 5.88 Å². The monoisotopic (exact) mass is 248 g/mol. The fourth-order valence-electron chi connectivity index (χ4n) is 2.30. The summed E-state index contributed by atoms with van der Waals surface area (Å²) in [6, 6.07) is 3.95. The van der Waals surface area contributed by atoms with E-state index in [4.69, 9.17) is 4.74 Å². The number of nitrogens with zero attached hydrogens (tertiary/aromatic N) is 2. The van der Waals surface area contributed by atoms with Crippen molar-refractivity contribution in [2.24, 2.45) is 0 Å². The van der Waals surface area contributed by atoms with E-state index >= 15 is 0 Å². The highest BCUT2D eigenvalue weighted by Gasteiger charge is 2.20. The molecule has 0 spiro atoms. The molecule has 1 aromatic heterocycles. The van der Waals surface area contributed by atoms with Gasteiger partial charge in [0, 0.05) is 12.2 Å². The largest absolute Gasteiger partial charge is 0.475 e. The van der Waals surface area contributed by atoms with Gasteiger partial charge in [0.2, 0.25) is 5.88 Å². The van der Waals surface area contributed by atoms with Crippen molar-refractivity contribution in [3.05, 3.63) is 23.9 Å². The normalized spacial score (nSPS) is 20.7. The molecule has 1 aliphatic heterocycles. The van der Waals surface area contributed by atoms with Crippen LogP contribution in [0.2, 0.25) is 0 Å². The van der Waals surface area contributed by atoms with Crippen LogP contribution in [0, 0.1) is 0 Å². The van der Waals surface area contributed by atoms with Crippen LogP contribution in [0.25, 0.3) is 0 Å². The molecule has 1 fully saturated rings. The van der Waals surface area contributed by atoms with Gasteiger partial charge in [-0.1, -0.05) is 6.42 Å². The third kappa shape index (κ3) is 3.07. The second-order valence-electron chi connectivity index (χ2n) is 4.85. The van der Waals surface area contributed by atoms with Gasteiger partial charge in [-0.2, -0.15) is 0 Å². The van der Waals surface area contributed by atoms with Crippen LogP contribution in [0.4, 0.5) is 0 Å². The molecule has 0 saturated carbocycles. The second kappa shape index (κ2) is 5.96. The highest BCUT2D eigenvalue weighted by molar-refractivity contribution is 5.96. The molecule has 2 rings (SSSR count). The van der Waals surface area contributed by atoms with Crippen molar-refractivity contribution in [3.63, 3.8) is 0 Å². The number of carbonyl (C=O) groups is 1. The number of pyridine rings is 1. The first kappa shape index (κ1) is 13.0. The van der Waals surface area contributed by atoms with Gasteiger partial charge in [0.15, 0.2) is 5.78 Å². The highest BCUT2D eigenvalue weighted by atomic mass is 16.5. The molecule has 1 unspecified atom stereocenters. The predicted octanol–water partition coefficient (Wildman–Crippen LogP) is 2.15. The van der Waals surface area contributed by atoms with Gasteiger partial charge < -0.3 is 9.64 Å². The number of piperidine rings is 1. The Balaban J connectivity index is 1.99. The van der Waals surface area contributed by atoms with E-state index < -0.39 is 0 Å². The van der Waals surface area contributed by atoms with Crippen molar-refractivity contribution in [2.45, 2.75) is 32.2 Å². The average molecular weight is 248 g/mol. The molecule has 0 amide bonds. The van der Waals surface area contributed by atoms with Crippen LogP contribution in [-0.4, -0.2) is 41.9 Å². The molecule has 18 heavy (non-hydrogen) atoms. The summed E-state index contributed by atoms with van der Waals surface area (Å²) >= 11 is 0. The third-order valence-electron chi connectivity index (χ3n) is 3.48. The summed E-state index contributed by atoms with van der Waals surface area (Å²) < 4.78 is 5.73. The molecule has 0 aromatic carbocycles. The Hall–Kier alpha value is -1.42. The van der Waals surface area contributed by atoms with Crippen LogP contribution < -0.4 is 4.74 Å². The number of Topliss-reactive ketones (excluding diaryl/α,β-unsaturated/α-hetero) is 1. The van der Waals surface area contributed by atoms with Gasteiger partial charge >= 0.3 is 0 Å². The van der Waals surface area contributed by atoms with Gasteiger partial charge in [0.1, 0.15) is 6.61 Å². The zero-order valence-corrected chi connectivity index (χ0v) is 11.1. The summed E-state index contributed by atoms with van der Waals surface area (Å²) in [4.78, 5) is 17.9. The Bertz CT molecular complexity index is 420. The Morgan fingerprint density at radius 2 is 2.39 bits per heavy atom. The Kier molecular flexibility index (Phi) is 4.31. The van der Waals surface area contributed by atoms with E-state index in [1.807, 2.05) is 0 Å². The van der Waals surface area contributed by atoms with E-state index in [2.05, 4.69) is 16.9 Å². The Morgan fingerprint density at radius 1 is 1.56 bits per heavy atom. The first-order valence-corrected chi connectivity index (χ1v) is 6.47. The molecule has 1 aromatic rings. The SMILES string of the molecule is CC(=O)c1cccnc1OCC1CCCCN1C. The number of ether oxygens (including phenoxy) is 1. The summed E-state index contributed by atoms with van der Waals surface area (Å²) in [6.07, 6.45) is 5.32. The van der Waals surface area contributed by atoms with E-state index in [1.54, 1.807) is 18.3 Å². The van der Waals surface area contributed by atoms with Crippen LogP contribution in [0.3, 0.4) is 0 Å². The summed E-state index contributed by atoms with van der Waals surface area (Å²) in [5.41, 5.74) is 0.566. The lowest BCUT2D eigenvalue weighted by molar-refractivity contribution is 0.0997. The van der Waals surface area contributed by atoms with Crippen LogP contribution in [-0.2, 0) is 0 Å². The standard InChI is InChI=1S/C14H20N2O2/c1-11(17)13-7-5-8-15-14(13)18-10-12-6-3-4-9-16(12)2/h5,7-8,12H,3-4,6,9-10H2,1-2H3. The number of aromatic nitrogens is 1. The lowest BCUT2D eigenvalue weighted by Gasteiger charge is -2.32. The molecule has 0 N–H and O–H groups in total. The van der Waals surface area contributed by atoms with Crippen molar-refractivity contribution in [2.75, 3.05) is 20.2 Å². The topological polar surface area (TPSA) is 42.4 Å². The predicted molar refractivity (Wildman–Crippen MR) is 70.0 cm³/mol.